The number of carbonyl (C=O) groups excluding carboxylic acids is 1. The van der Waals surface area contributed by atoms with Crippen LogP contribution in [0.2, 0.25) is 0 Å². The minimum atomic E-state index is -0.986. The molecule has 0 bridgehead atoms. The first-order chi connectivity index (χ1) is 6.13. The molecular formula is C9H8O3S. The highest BCUT2D eigenvalue weighted by molar-refractivity contribution is 7.14. The van der Waals surface area contributed by atoms with E-state index in [0.717, 1.165) is 22.8 Å². The minimum Gasteiger partial charge on any atom is -0.478 e. The van der Waals surface area contributed by atoms with Crippen molar-refractivity contribution in [3.63, 3.8) is 0 Å². The summed E-state index contributed by atoms with van der Waals surface area (Å²) in [6.45, 7) is 1.84. The van der Waals surface area contributed by atoms with Crippen LogP contribution >= 0.6 is 11.3 Å². The maximum Gasteiger partial charge on any atom is 0.328 e. The van der Waals surface area contributed by atoms with Gasteiger partial charge < -0.3 is 5.11 Å². The summed E-state index contributed by atoms with van der Waals surface area (Å²) in [5.74, 6) is -0.986. The Morgan fingerprint density at radius 1 is 1.62 bits per heavy atom. The van der Waals surface area contributed by atoms with Crippen LogP contribution in [-0.2, 0) is 4.79 Å². The molecule has 1 aromatic heterocycles. The van der Waals surface area contributed by atoms with Gasteiger partial charge in [0.05, 0.1) is 4.88 Å². The van der Waals surface area contributed by atoms with Gasteiger partial charge in [0.25, 0.3) is 0 Å². The second-order valence-electron chi connectivity index (χ2n) is 2.49. The van der Waals surface area contributed by atoms with Crippen molar-refractivity contribution in [2.24, 2.45) is 0 Å². The molecule has 0 unspecified atom stereocenters. The monoisotopic (exact) mass is 196 g/mol. The number of thiophene rings is 1. The van der Waals surface area contributed by atoms with Gasteiger partial charge in [0, 0.05) is 11.0 Å². The summed E-state index contributed by atoms with van der Waals surface area (Å²) >= 11 is 1.28. The molecule has 0 saturated heterocycles. The maximum absolute atomic E-state index is 10.4. The molecule has 0 radical (unpaired) electrons. The zero-order valence-corrected chi connectivity index (χ0v) is 7.80. The zero-order valence-electron chi connectivity index (χ0n) is 6.98. The van der Waals surface area contributed by atoms with Crippen LogP contribution in [0, 0.1) is 6.92 Å². The third-order valence-corrected chi connectivity index (χ3v) is 2.60. The molecule has 0 atom stereocenters. The molecule has 0 aliphatic carbocycles. The van der Waals surface area contributed by atoms with Gasteiger partial charge in [-0.2, -0.15) is 0 Å². The Morgan fingerprint density at radius 2 is 2.31 bits per heavy atom. The van der Waals surface area contributed by atoms with Crippen LogP contribution in [0.1, 0.15) is 20.1 Å². The van der Waals surface area contributed by atoms with Crippen molar-refractivity contribution in [2.75, 3.05) is 0 Å². The van der Waals surface area contributed by atoms with E-state index in [9.17, 15) is 9.59 Å². The molecule has 68 valence electrons. The Bertz CT molecular complexity index is 363. The van der Waals surface area contributed by atoms with Gasteiger partial charge in [-0.15, -0.1) is 11.3 Å². The first-order valence-electron chi connectivity index (χ1n) is 3.60. The van der Waals surface area contributed by atoms with E-state index in [0.29, 0.717) is 4.88 Å². The minimum absolute atomic E-state index is 0.613. The summed E-state index contributed by atoms with van der Waals surface area (Å²) in [6, 6.07) is 1.74. The molecular weight excluding hydrogens is 188 g/mol. The molecule has 1 rings (SSSR count). The van der Waals surface area contributed by atoms with Gasteiger partial charge in [-0.3, -0.25) is 4.79 Å². The van der Waals surface area contributed by atoms with Crippen LogP contribution < -0.4 is 0 Å². The van der Waals surface area contributed by atoms with Crippen molar-refractivity contribution < 1.29 is 14.7 Å². The number of hydrogen-bond donors (Lipinski definition) is 1. The SMILES string of the molecule is Cc1cc(C=O)sc1C=CC(=O)O. The molecule has 0 aromatic carbocycles. The average molecular weight is 196 g/mol. The summed E-state index contributed by atoms with van der Waals surface area (Å²) in [7, 11) is 0. The highest BCUT2D eigenvalue weighted by atomic mass is 32.1. The molecule has 0 aliphatic rings. The first-order valence-corrected chi connectivity index (χ1v) is 4.41. The molecule has 0 amide bonds. The summed E-state index contributed by atoms with van der Waals surface area (Å²) < 4.78 is 0. The van der Waals surface area contributed by atoms with Crippen LogP contribution in [0.15, 0.2) is 12.1 Å². The van der Waals surface area contributed by atoms with Gasteiger partial charge in [-0.05, 0) is 24.6 Å². The summed E-state index contributed by atoms with van der Waals surface area (Å²) in [6.07, 6.45) is 3.32. The van der Waals surface area contributed by atoms with Gasteiger partial charge in [-0.1, -0.05) is 0 Å². The summed E-state index contributed by atoms with van der Waals surface area (Å²) in [4.78, 5) is 22.0. The van der Waals surface area contributed by atoms with E-state index in [1.165, 1.54) is 17.4 Å². The number of aldehydes is 1. The molecule has 0 spiro atoms. The fourth-order valence-electron chi connectivity index (χ4n) is 0.892. The third kappa shape index (κ3) is 2.52. The lowest BCUT2D eigenvalue weighted by Crippen LogP contribution is -1.84. The lowest BCUT2D eigenvalue weighted by Gasteiger charge is -1.85. The number of rotatable bonds is 3. The van der Waals surface area contributed by atoms with Crippen LogP contribution in [0.3, 0.4) is 0 Å². The predicted octanol–water partition coefficient (Wildman–Crippen LogP) is 1.97. The van der Waals surface area contributed by atoms with Crippen molar-refractivity contribution >= 4 is 29.7 Å². The van der Waals surface area contributed by atoms with E-state index in [-0.39, 0.29) is 0 Å². The lowest BCUT2D eigenvalue weighted by molar-refractivity contribution is -0.131. The van der Waals surface area contributed by atoms with E-state index in [2.05, 4.69) is 0 Å². The summed E-state index contributed by atoms with van der Waals surface area (Å²) in [5.41, 5.74) is 0.921. The van der Waals surface area contributed by atoms with Crippen LogP contribution in [0.25, 0.3) is 6.08 Å². The average Bonchev–Trinajstić information content (AvgIpc) is 2.43. The zero-order chi connectivity index (χ0) is 9.84. The number of aryl methyl sites for hydroxylation is 1. The fourth-order valence-corrected chi connectivity index (χ4v) is 1.79. The molecule has 4 heteroatoms. The Hall–Kier alpha value is -1.42. The van der Waals surface area contributed by atoms with E-state index in [4.69, 9.17) is 5.11 Å². The van der Waals surface area contributed by atoms with E-state index >= 15 is 0 Å². The van der Waals surface area contributed by atoms with Crippen LogP contribution in [0.5, 0.6) is 0 Å². The van der Waals surface area contributed by atoms with Gasteiger partial charge in [0.2, 0.25) is 0 Å². The second kappa shape index (κ2) is 4.00. The molecule has 0 fully saturated rings. The van der Waals surface area contributed by atoms with Gasteiger partial charge in [0.1, 0.15) is 0 Å². The largest absolute Gasteiger partial charge is 0.478 e. The molecule has 0 aliphatic heterocycles. The molecule has 1 heterocycles. The Balaban J connectivity index is 2.94. The maximum atomic E-state index is 10.4. The standard InChI is InChI=1S/C9H8O3S/c1-6-4-7(5-10)13-8(6)2-3-9(11)12/h2-5H,1H3,(H,11,12). The Morgan fingerprint density at radius 3 is 2.77 bits per heavy atom. The first kappa shape index (κ1) is 9.67. The number of carbonyl (C=O) groups is 2. The van der Waals surface area contributed by atoms with Crippen molar-refractivity contribution in [1.82, 2.24) is 0 Å². The van der Waals surface area contributed by atoms with Gasteiger partial charge in [-0.25, -0.2) is 4.79 Å². The number of carboxylic acid groups (broad SMARTS) is 1. The van der Waals surface area contributed by atoms with E-state index in [1.807, 2.05) is 6.92 Å². The molecule has 0 saturated carbocycles. The highest BCUT2D eigenvalue weighted by Crippen LogP contribution is 2.21. The van der Waals surface area contributed by atoms with Gasteiger partial charge >= 0.3 is 5.97 Å². The quantitative estimate of drug-likeness (QED) is 0.594. The van der Waals surface area contributed by atoms with Crippen LogP contribution in [-0.4, -0.2) is 17.4 Å². The predicted molar refractivity (Wildman–Crippen MR) is 51.1 cm³/mol. The smallest absolute Gasteiger partial charge is 0.328 e. The van der Waals surface area contributed by atoms with Crippen molar-refractivity contribution in [1.29, 1.82) is 0 Å². The molecule has 1 aromatic rings. The normalized spacial score (nSPS) is 10.5. The van der Waals surface area contributed by atoms with E-state index in [1.54, 1.807) is 6.07 Å². The number of hydrogen-bond acceptors (Lipinski definition) is 3. The Labute approximate surface area is 79.3 Å². The molecule has 13 heavy (non-hydrogen) atoms. The van der Waals surface area contributed by atoms with Crippen molar-refractivity contribution in [3.8, 4) is 0 Å². The molecule has 3 nitrogen and oxygen atoms in total. The van der Waals surface area contributed by atoms with Crippen molar-refractivity contribution in [2.45, 2.75) is 6.92 Å². The van der Waals surface area contributed by atoms with E-state index < -0.39 is 5.97 Å². The Kier molecular flexibility index (Phi) is 2.97. The second-order valence-corrected chi connectivity index (χ2v) is 3.60. The van der Waals surface area contributed by atoms with Crippen molar-refractivity contribution in [3.05, 3.63) is 27.5 Å². The topological polar surface area (TPSA) is 54.4 Å². The highest BCUT2D eigenvalue weighted by Gasteiger charge is 2.01. The number of carboxylic acids is 1. The van der Waals surface area contributed by atoms with Crippen LogP contribution in [0.4, 0.5) is 0 Å². The third-order valence-electron chi connectivity index (χ3n) is 1.47. The van der Waals surface area contributed by atoms with Gasteiger partial charge in [0.15, 0.2) is 6.29 Å². The lowest BCUT2D eigenvalue weighted by atomic mass is 10.2. The molecule has 1 N–H and O–H groups in total. The number of aliphatic carboxylic acids is 1. The summed E-state index contributed by atoms with van der Waals surface area (Å²) in [5, 5.41) is 8.38. The fraction of sp³-hybridized carbons (Fsp3) is 0.111.